The number of benzene rings is 2. The third-order valence-electron chi connectivity index (χ3n) is 6.00. The molecule has 0 unspecified atom stereocenters. The molecule has 168 valence electrons. The Balaban J connectivity index is 1.29. The van der Waals surface area contributed by atoms with Crippen LogP contribution >= 0.6 is 0 Å². The van der Waals surface area contributed by atoms with E-state index >= 15 is 0 Å². The summed E-state index contributed by atoms with van der Waals surface area (Å²) in [4.78, 5) is 33.8. The van der Waals surface area contributed by atoms with E-state index in [1.54, 1.807) is 21.9 Å². The summed E-state index contributed by atoms with van der Waals surface area (Å²) >= 11 is 0. The van der Waals surface area contributed by atoms with Gasteiger partial charge in [0.05, 0.1) is 30.4 Å². The van der Waals surface area contributed by atoms with Crippen molar-refractivity contribution in [2.75, 3.05) is 38.3 Å². The molecule has 1 saturated heterocycles. The molecule has 1 aliphatic rings. The zero-order valence-electron chi connectivity index (χ0n) is 18.8. The summed E-state index contributed by atoms with van der Waals surface area (Å²) in [5.74, 6) is 0.0693. The minimum Gasteiger partial charge on any atom is -0.378 e. The Hall–Kier alpha value is -3.19. The second kappa shape index (κ2) is 9.96. The molecule has 32 heavy (non-hydrogen) atoms. The van der Waals surface area contributed by atoms with Crippen LogP contribution in [-0.2, 0) is 22.6 Å². The van der Waals surface area contributed by atoms with Gasteiger partial charge in [-0.25, -0.2) is 4.98 Å². The second-order valence-electron chi connectivity index (χ2n) is 8.33. The van der Waals surface area contributed by atoms with Crippen molar-refractivity contribution < 1.29 is 9.53 Å². The van der Waals surface area contributed by atoms with Crippen molar-refractivity contribution in [2.24, 2.45) is 0 Å². The predicted octanol–water partition coefficient (Wildman–Crippen LogP) is 2.98. The number of amides is 1. The summed E-state index contributed by atoms with van der Waals surface area (Å²) in [7, 11) is 1.82. The molecule has 0 aliphatic carbocycles. The van der Waals surface area contributed by atoms with Crippen molar-refractivity contribution in [3.8, 4) is 0 Å². The number of carbonyl (C=O) groups excluding carboxylic acids is 1. The van der Waals surface area contributed by atoms with Gasteiger partial charge in [-0.3, -0.25) is 14.2 Å². The molecule has 2 heterocycles. The lowest BCUT2D eigenvalue weighted by atomic mass is 10.1. The van der Waals surface area contributed by atoms with Gasteiger partial charge in [0.2, 0.25) is 5.91 Å². The number of carbonyl (C=O) groups is 1. The van der Waals surface area contributed by atoms with Gasteiger partial charge in [0, 0.05) is 45.3 Å². The van der Waals surface area contributed by atoms with Crippen molar-refractivity contribution in [3.05, 3.63) is 70.3 Å². The normalized spacial score (nSPS) is 14.0. The molecule has 7 nitrogen and oxygen atoms in total. The number of ether oxygens (including phenoxy) is 1. The summed E-state index contributed by atoms with van der Waals surface area (Å²) in [6.45, 7) is 6.34. The van der Waals surface area contributed by atoms with Crippen LogP contribution in [0.2, 0.25) is 0 Å². The zero-order valence-corrected chi connectivity index (χ0v) is 18.8. The molecule has 3 aromatic rings. The minimum absolute atomic E-state index is 0.0557. The highest BCUT2D eigenvalue weighted by Gasteiger charge is 2.13. The largest absolute Gasteiger partial charge is 0.378 e. The van der Waals surface area contributed by atoms with Crippen LogP contribution in [0.25, 0.3) is 10.9 Å². The van der Waals surface area contributed by atoms with E-state index in [-0.39, 0.29) is 11.5 Å². The maximum atomic E-state index is 12.7. The molecule has 1 fully saturated rings. The molecular weight excluding hydrogens is 404 g/mol. The van der Waals surface area contributed by atoms with Gasteiger partial charge in [-0.05, 0) is 42.7 Å². The minimum atomic E-state index is -0.0557. The lowest BCUT2D eigenvalue weighted by molar-refractivity contribution is -0.130. The number of hydrogen-bond acceptors (Lipinski definition) is 5. The van der Waals surface area contributed by atoms with E-state index in [2.05, 4.69) is 34.1 Å². The third-order valence-corrected chi connectivity index (χ3v) is 6.00. The number of hydrogen-bond donors (Lipinski definition) is 0. The molecule has 0 saturated carbocycles. The van der Waals surface area contributed by atoms with Crippen LogP contribution in [-0.4, -0.2) is 53.7 Å². The third kappa shape index (κ3) is 4.99. The summed E-state index contributed by atoms with van der Waals surface area (Å²) in [5, 5.41) is 0.622. The average molecular weight is 435 g/mol. The lowest BCUT2D eigenvalue weighted by Gasteiger charge is -2.29. The van der Waals surface area contributed by atoms with Crippen LogP contribution < -0.4 is 10.5 Å². The quantitative estimate of drug-likeness (QED) is 0.572. The second-order valence-corrected chi connectivity index (χ2v) is 8.33. The first-order valence-corrected chi connectivity index (χ1v) is 11.1. The van der Waals surface area contributed by atoms with Crippen molar-refractivity contribution >= 4 is 22.5 Å². The van der Waals surface area contributed by atoms with Gasteiger partial charge in [0.1, 0.15) is 0 Å². The molecule has 0 N–H and O–H groups in total. The standard InChI is InChI=1S/C25H30N4O3/c1-19-5-3-6-22-24(19)26-18-29(25(22)31)12-4-7-23(30)27(2)17-20-8-10-21(11-9-20)28-13-15-32-16-14-28/h3,5-6,8-11,18H,4,7,12-17H2,1-2H3. The van der Waals surface area contributed by atoms with Crippen molar-refractivity contribution in [2.45, 2.75) is 32.9 Å². The Morgan fingerprint density at radius 1 is 1.12 bits per heavy atom. The maximum Gasteiger partial charge on any atom is 0.261 e. The molecule has 2 aromatic carbocycles. The summed E-state index contributed by atoms with van der Waals surface area (Å²) in [6, 6.07) is 14.0. The van der Waals surface area contributed by atoms with Crippen LogP contribution in [0.3, 0.4) is 0 Å². The average Bonchev–Trinajstić information content (AvgIpc) is 2.82. The topological polar surface area (TPSA) is 67.7 Å². The number of aromatic nitrogens is 2. The van der Waals surface area contributed by atoms with Gasteiger partial charge in [-0.2, -0.15) is 0 Å². The highest BCUT2D eigenvalue weighted by atomic mass is 16.5. The molecule has 1 aliphatic heterocycles. The highest BCUT2D eigenvalue weighted by molar-refractivity contribution is 5.80. The first-order chi connectivity index (χ1) is 15.5. The van der Waals surface area contributed by atoms with Crippen molar-refractivity contribution in [1.29, 1.82) is 0 Å². The van der Waals surface area contributed by atoms with Crippen molar-refractivity contribution in [1.82, 2.24) is 14.5 Å². The number of rotatable bonds is 7. The van der Waals surface area contributed by atoms with Crippen LogP contribution in [0.4, 0.5) is 5.69 Å². The van der Waals surface area contributed by atoms with E-state index in [9.17, 15) is 9.59 Å². The molecule has 0 radical (unpaired) electrons. The number of aryl methyl sites for hydroxylation is 2. The molecule has 0 bridgehead atoms. The van der Waals surface area contributed by atoms with E-state index in [1.807, 2.05) is 26.1 Å². The van der Waals surface area contributed by atoms with E-state index in [1.165, 1.54) is 5.69 Å². The van der Waals surface area contributed by atoms with Gasteiger partial charge in [0.15, 0.2) is 0 Å². The maximum absolute atomic E-state index is 12.7. The number of fused-ring (bicyclic) bond motifs is 1. The number of morpholine rings is 1. The first kappa shape index (κ1) is 22.0. The molecule has 0 spiro atoms. The Morgan fingerprint density at radius 2 is 1.88 bits per heavy atom. The Labute approximate surface area is 188 Å². The fourth-order valence-corrected chi connectivity index (χ4v) is 4.08. The predicted molar refractivity (Wildman–Crippen MR) is 126 cm³/mol. The molecule has 0 atom stereocenters. The smallest absolute Gasteiger partial charge is 0.261 e. The highest BCUT2D eigenvalue weighted by Crippen LogP contribution is 2.18. The van der Waals surface area contributed by atoms with E-state index < -0.39 is 0 Å². The van der Waals surface area contributed by atoms with E-state index in [4.69, 9.17) is 4.74 Å². The van der Waals surface area contributed by atoms with Crippen LogP contribution in [0.15, 0.2) is 53.6 Å². The summed E-state index contributed by atoms with van der Waals surface area (Å²) < 4.78 is 7.00. The van der Waals surface area contributed by atoms with Gasteiger partial charge < -0.3 is 14.5 Å². The number of nitrogens with zero attached hydrogens (tertiary/aromatic N) is 4. The Bertz CT molecular complexity index is 1130. The van der Waals surface area contributed by atoms with Gasteiger partial charge >= 0.3 is 0 Å². The van der Waals surface area contributed by atoms with Crippen molar-refractivity contribution in [3.63, 3.8) is 0 Å². The number of para-hydroxylation sites is 1. The summed E-state index contributed by atoms with van der Waals surface area (Å²) in [5.41, 5.74) is 3.96. The fourth-order valence-electron chi connectivity index (χ4n) is 4.08. The molecule has 1 amide bonds. The fraction of sp³-hybridized carbons (Fsp3) is 0.400. The zero-order chi connectivity index (χ0) is 22.5. The van der Waals surface area contributed by atoms with Gasteiger partial charge in [-0.15, -0.1) is 0 Å². The van der Waals surface area contributed by atoms with Crippen LogP contribution in [0.1, 0.15) is 24.0 Å². The SMILES string of the molecule is Cc1cccc2c(=O)n(CCCC(=O)N(C)Cc3ccc(N4CCOCC4)cc3)cnc12. The van der Waals surface area contributed by atoms with Gasteiger partial charge in [0.25, 0.3) is 5.56 Å². The van der Waals surface area contributed by atoms with Crippen LogP contribution in [0.5, 0.6) is 0 Å². The monoisotopic (exact) mass is 434 g/mol. The lowest BCUT2D eigenvalue weighted by Crippen LogP contribution is -2.36. The van der Waals surface area contributed by atoms with E-state index in [0.29, 0.717) is 31.3 Å². The molecule has 4 rings (SSSR count). The molecular formula is C25H30N4O3. The Morgan fingerprint density at radius 3 is 2.62 bits per heavy atom. The summed E-state index contributed by atoms with van der Waals surface area (Å²) in [6.07, 6.45) is 2.57. The first-order valence-electron chi connectivity index (χ1n) is 11.1. The number of anilines is 1. The van der Waals surface area contributed by atoms with Crippen LogP contribution in [0, 0.1) is 6.92 Å². The van der Waals surface area contributed by atoms with E-state index in [0.717, 1.165) is 42.9 Å². The Kier molecular flexibility index (Phi) is 6.85. The molecule has 1 aromatic heterocycles. The molecule has 7 heteroatoms. The van der Waals surface area contributed by atoms with Gasteiger partial charge in [-0.1, -0.05) is 24.3 Å².